The molecular formula is C40H29NS. The lowest BCUT2D eigenvalue weighted by Gasteiger charge is -2.23. The van der Waals surface area contributed by atoms with E-state index in [0.717, 1.165) is 0 Å². The second-order valence-corrected chi connectivity index (χ2v) is 12.7. The number of hydrogen-bond donors (Lipinski definition) is 0. The first-order valence-electron chi connectivity index (χ1n) is 14.5. The maximum absolute atomic E-state index is 4.62. The van der Waals surface area contributed by atoms with Crippen LogP contribution in [0.15, 0.2) is 150 Å². The van der Waals surface area contributed by atoms with E-state index >= 15 is 0 Å². The van der Waals surface area contributed by atoms with Crippen molar-refractivity contribution in [3.05, 3.63) is 151 Å². The largest absolute Gasteiger partial charge is 0.264 e. The summed E-state index contributed by atoms with van der Waals surface area (Å²) in [6.07, 6.45) is 3.97. The molecule has 1 nitrogen and oxygen atoms in total. The Labute approximate surface area is 250 Å². The van der Waals surface area contributed by atoms with Crippen LogP contribution in [0, 0.1) is 0 Å². The first-order chi connectivity index (χ1) is 20.6. The highest BCUT2D eigenvalue weighted by Gasteiger charge is 2.35. The SMILES string of the molecule is CC1(C)c2ccccc2-c2ccc(-c3c4ccccc4c(Sc4ccc(-c5ccccc5)cc4)c4ccncc34)cc21. The Bertz CT molecular complexity index is 2070. The van der Waals surface area contributed by atoms with Crippen molar-refractivity contribution in [1.29, 1.82) is 0 Å². The van der Waals surface area contributed by atoms with Crippen molar-refractivity contribution in [3.63, 3.8) is 0 Å². The molecule has 0 fully saturated rings. The molecule has 0 saturated heterocycles. The summed E-state index contributed by atoms with van der Waals surface area (Å²) < 4.78 is 0. The van der Waals surface area contributed by atoms with Crippen LogP contribution < -0.4 is 0 Å². The molecule has 8 rings (SSSR count). The highest BCUT2D eigenvalue weighted by atomic mass is 32.2. The average Bonchev–Trinajstić information content (AvgIpc) is 3.27. The van der Waals surface area contributed by atoms with Gasteiger partial charge in [0.15, 0.2) is 0 Å². The zero-order valence-electron chi connectivity index (χ0n) is 23.6. The predicted molar refractivity (Wildman–Crippen MR) is 178 cm³/mol. The van der Waals surface area contributed by atoms with Crippen molar-refractivity contribution >= 4 is 33.3 Å². The molecule has 0 spiro atoms. The van der Waals surface area contributed by atoms with E-state index in [1.165, 1.54) is 75.8 Å². The minimum absolute atomic E-state index is 0.0481. The molecular weight excluding hydrogens is 527 g/mol. The fraction of sp³-hybridized carbons (Fsp3) is 0.0750. The molecule has 0 saturated carbocycles. The summed E-state index contributed by atoms with van der Waals surface area (Å²) in [4.78, 5) is 7.12. The molecule has 7 aromatic rings. The third-order valence-electron chi connectivity index (χ3n) is 8.83. The normalized spacial score (nSPS) is 13.3. The Kier molecular flexibility index (Phi) is 5.80. The zero-order chi connectivity index (χ0) is 28.3. The molecule has 0 unspecified atom stereocenters. The number of benzene rings is 6. The van der Waals surface area contributed by atoms with E-state index in [4.69, 9.17) is 0 Å². The molecule has 1 aromatic heterocycles. The van der Waals surface area contributed by atoms with E-state index in [2.05, 4.69) is 146 Å². The first kappa shape index (κ1) is 25.1. The fourth-order valence-corrected chi connectivity index (χ4v) is 7.81. The smallest absolute Gasteiger partial charge is 0.0353 e. The molecule has 0 atom stereocenters. The van der Waals surface area contributed by atoms with E-state index in [0.29, 0.717) is 0 Å². The molecule has 1 aliphatic rings. The van der Waals surface area contributed by atoms with Crippen LogP contribution in [0.4, 0.5) is 0 Å². The van der Waals surface area contributed by atoms with E-state index in [1.54, 1.807) is 0 Å². The fourth-order valence-electron chi connectivity index (χ4n) is 6.73. The number of fused-ring (bicyclic) bond motifs is 5. The van der Waals surface area contributed by atoms with Gasteiger partial charge in [-0.25, -0.2) is 0 Å². The van der Waals surface area contributed by atoms with Gasteiger partial charge in [-0.05, 0) is 84.9 Å². The van der Waals surface area contributed by atoms with Crippen LogP contribution in [0.2, 0.25) is 0 Å². The Morgan fingerprint density at radius 1 is 0.524 bits per heavy atom. The maximum Gasteiger partial charge on any atom is 0.0353 e. The Morgan fingerprint density at radius 2 is 1.17 bits per heavy atom. The van der Waals surface area contributed by atoms with Crippen LogP contribution in [-0.2, 0) is 5.41 Å². The average molecular weight is 556 g/mol. The summed E-state index contributed by atoms with van der Waals surface area (Å²) in [5, 5.41) is 4.95. The molecule has 0 radical (unpaired) electrons. The van der Waals surface area contributed by atoms with Gasteiger partial charge in [-0.2, -0.15) is 0 Å². The summed E-state index contributed by atoms with van der Waals surface area (Å²) in [7, 11) is 0. The Morgan fingerprint density at radius 3 is 2.00 bits per heavy atom. The number of aromatic nitrogens is 1. The van der Waals surface area contributed by atoms with Crippen molar-refractivity contribution in [2.45, 2.75) is 29.1 Å². The van der Waals surface area contributed by atoms with Gasteiger partial charge in [-0.15, -0.1) is 0 Å². The predicted octanol–water partition coefficient (Wildman–Crippen LogP) is 11.2. The van der Waals surface area contributed by atoms with E-state index < -0.39 is 0 Å². The zero-order valence-corrected chi connectivity index (χ0v) is 24.5. The van der Waals surface area contributed by atoms with Crippen LogP contribution in [0.3, 0.4) is 0 Å². The highest BCUT2D eigenvalue weighted by molar-refractivity contribution is 7.99. The Hall–Kier alpha value is -4.66. The van der Waals surface area contributed by atoms with Crippen LogP contribution in [-0.4, -0.2) is 4.98 Å². The lowest BCUT2D eigenvalue weighted by atomic mass is 9.81. The van der Waals surface area contributed by atoms with Gasteiger partial charge in [0.1, 0.15) is 0 Å². The van der Waals surface area contributed by atoms with Gasteiger partial charge in [-0.3, -0.25) is 4.98 Å². The van der Waals surface area contributed by atoms with Crippen LogP contribution >= 0.6 is 11.8 Å². The summed E-state index contributed by atoms with van der Waals surface area (Å²) in [6.45, 7) is 4.70. The van der Waals surface area contributed by atoms with Gasteiger partial charge in [0, 0.05) is 33.0 Å². The topological polar surface area (TPSA) is 12.9 Å². The molecule has 1 heterocycles. The van der Waals surface area contributed by atoms with Gasteiger partial charge in [0.05, 0.1) is 0 Å². The van der Waals surface area contributed by atoms with Crippen LogP contribution in [0.5, 0.6) is 0 Å². The second kappa shape index (κ2) is 9.72. The van der Waals surface area contributed by atoms with E-state index in [-0.39, 0.29) is 5.41 Å². The summed E-state index contributed by atoms with van der Waals surface area (Å²) in [6, 6.07) is 46.4. The second-order valence-electron chi connectivity index (χ2n) is 11.6. The van der Waals surface area contributed by atoms with Crippen LogP contribution in [0.1, 0.15) is 25.0 Å². The molecule has 0 amide bonds. The number of nitrogens with zero attached hydrogens (tertiary/aromatic N) is 1. The first-order valence-corrected chi connectivity index (χ1v) is 15.3. The van der Waals surface area contributed by atoms with Gasteiger partial charge in [-0.1, -0.05) is 129 Å². The lowest BCUT2D eigenvalue weighted by Crippen LogP contribution is -2.14. The van der Waals surface area contributed by atoms with Crippen molar-refractivity contribution in [1.82, 2.24) is 4.98 Å². The quantitative estimate of drug-likeness (QED) is 0.200. The molecule has 6 aromatic carbocycles. The molecule has 0 bridgehead atoms. The minimum atomic E-state index is -0.0481. The number of hydrogen-bond acceptors (Lipinski definition) is 2. The highest BCUT2D eigenvalue weighted by Crippen LogP contribution is 2.51. The lowest BCUT2D eigenvalue weighted by molar-refractivity contribution is 0.660. The van der Waals surface area contributed by atoms with Gasteiger partial charge in [0.25, 0.3) is 0 Å². The number of rotatable bonds is 4. The minimum Gasteiger partial charge on any atom is -0.264 e. The molecule has 200 valence electrons. The van der Waals surface area contributed by atoms with Crippen molar-refractivity contribution in [2.24, 2.45) is 0 Å². The molecule has 1 aliphatic carbocycles. The standard InChI is InChI=1S/C40H29NS/c1-40(2)36-15-9-8-12-30(36)31-21-18-28(24-37(31)40)38-32-13-6-7-14-33(32)39(34-22-23-41-25-35(34)38)42-29-19-16-27(17-20-29)26-10-4-3-5-11-26/h3-25H,1-2H3. The molecule has 42 heavy (non-hydrogen) atoms. The van der Waals surface area contributed by atoms with Gasteiger partial charge in [0.2, 0.25) is 0 Å². The molecule has 0 aliphatic heterocycles. The van der Waals surface area contributed by atoms with Crippen molar-refractivity contribution < 1.29 is 0 Å². The van der Waals surface area contributed by atoms with E-state index in [1.807, 2.05) is 24.2 Å². The maximum atomic E-state index is 4.62. The summed E-state index contributed by atoms with van der Waals surface area (Å²) in [5.74, 6) is 0. The third kappa shape index (κ3) is 3.90. The summed E-state index contributed by atoms with van der Waals surface area (Å²) >= 11 is 1.84. The van der Waals surface area contributed by atoms with Crippen molar-refractivity contribution in [2.75, 3.05) is 0 Å². The Balaban J connectivity index is 1.29. The number of pyridine rings is 1. The van der Waals surface area contributed by atoms with Crippen molar-refractivity contribution in [3.8, 4) is 33.4 Å². The van der Waals surface area contributed by atoms with Gasteiger partial charge >= 0.3 is 0 Å². The molecule has 2 heteroatoms. The summed E-state index contributed by atoms with van der Waals surface area (Å²) in [5.41, 5.74) is 10.4. The van der Waals surface area contributed by atoms with Crippen LogP contribution in [0.25, 0.3) is 54.9 Å². The van der Waals surface area contributed by atoms with Gasteiger partial charge < -0.3 is 0 Å². The molecule has 0 N–H and O–H groups in total. The monoisotopic (exact) mass is 555 g/mol. The third-order valence-corrected chi connectivity index (χ3v) is 9.98. The van der Waals surface area contributed by atoms with E-state index in [9.17, 15) is 0 Å².